The van der Waals surface area contributed by atoms with Crippen LogP contribution in [0, 0.1) is 0 Å². The van der Waals surface area contributed by atoms with Crippen molar-refractivity contribution >= 4 is 35.6 Å². The lowest BCUT2D eigenvalue weighted by molar-refractivity contribution is 0.0642. The normalized spacial score (nSPS) is 23.3. The molecule has 178 valence electrons. The number of imide groups is 1. The molecule has 1 aromatic rings. The maximum absolute atomic E-state index is 12.3. The third-order valence-corrected chi connectivity index (χ3v) is 7.68. The van der Waals surface area contributed by atoms with E-state index in [1.807, 2.05) is 11.8 Å². The van der Waals surface area contributed by atoms with Crippen LogP contribution in [0.3, 0.4) is 0 Å². The van der Waals surface area contributed by atoms with Crippen LogP contribution in [-0.2, 0) is 4.74 Å². The van der Waals surface area contributed by atoms with Crippen LogP contribution in [0.5, 0.6) is 0 Å². The molecule has 3 atom stereocenters. The summed E-state index contributed by atoms with van der Waals surface area (Å²) in [5.74, 6) is 0.931. The predicted octanol–water partition coefficient (Wildman–Crippen LogP) is 2.72. The Morgan fingerprint density at radius 1 is 1.12 bits per heavy atom. The van der Waals surface area contributed by atoms with E-state index in [-0.39, 0.29) is 23.9 Å². The Labute approximate surface area is 197 Å². The van der Waals surface area contributed by atoms with Gasteiger partial charge >= 0.3 is 6.09 Å². The van der Waals surface area contributed by atoms with E-state index in [1.54, 1.807) is 24.3 Å². The van der Waals surface area contributed by atoms with Gasteiger partial charge in [0.05, 0.1) is 23.2 Å². The lowest BCUT2D eigenvalue weighted by Crippen LogP contribution is -2.42. The van der Waals surface area contributed by atoms with Gasteiger partial charge in [-0.05, 0) is 37.8 Å². The van der Waals surface area contributed by atoms with Crippen molar-refractivity contribution in [3.8, 4) is 0 Å². The third kappa shape index (κ3) is 5.67. The van der Waals surface area contributed by atoms with Gasteiger partial charge in [-0.2, -0.15) is 11.8 Å². The Kier molecular flexibility index (Phi) is 7.87. The van der Waals surface area contributed by atoms with Crippen molar-refractivity contribution in [2.45, 2.75) is 55.9 Å². The van der Waals surface area contributed by atoms with Crippen molar-refractivity contribution in [2.75, 3.05) is 25.5 Å². The molecule has 3 amide bonds. The summed E-state index contributed by atoms with van der Waals surface area (Å²) in [5.41, 5.74) is 0.997. The van der Waals surface area contributed by atoms with Gasteiger partial charge in [-0.3, -0.25) is 19.8 Å². The van der Waals surface area contributed by atoms with Crippen molar-refractivity contribution < 1.29 is 24.2 Å². The Bertz CT molecular complexity index is 889. The molecule has 1 fully saturated rings. The third-order valence-electron chi connectivity index (χ3n) is 6.18. The summed E-state index contributed by atoms with van der Waals surface area (Å²) >= 11 is 1.91. The van der Waals surface area contributed by atoms with Gasteiger partial charge in [-0.1, -0.05) is 25.0 Å². The maximum atomic E-state index is 12.3. The van der Waals surface area contributed by atoms with Crippen LogP contribution in [0.2, 0.25) is 0 Å². The number of nitrogens with one attached hydrogen (secondary N) is 2. The van der Waals surface area contributed by atoms with Gasteiger partial charge in [-0.15, -0.1) is 0 Å². The van der Waals surface area contributed by atoms with E-state index in [2.05, 4.69) is 15.6 Å². The highest BCUT2D eigenvalue weighted by atomic mass is 32.2. The molecular weight excluding hydrogens is 444 g/mol. The van der Waals surface area contributed by atoms with Crippen molar-refractivity contribution in [3.63, 3.8) is 0 Å². The molecule has 1 saturated heterocycles. The first-order chi connectivity index (χ1) is 16.0. The zero-order valence-electron chi connectivity index (χ0n) is 18.5. The first kappa shape index (κ1) is 23.6. The topological polar surface area (TPSA) is 120 Å². The maximum Gasteiger partial charge on any atom is 0.411 e. The zero-order chi connectivity index (χ0) is 23.2. The predicted molar refractivity (Wildman–Crippen MR) is 126 cm³/mol. The molecule has 4 rings (SSSR count). The molecule has 0 aromatic heterocycles. The van der Waals surface area contributed by atoms with Crippen molar-refractivity contribution in [1.82, 2.24) is 15.5 Å². The molecular formula is C23H30N4O5S. The number of carbonyl (C=O) groups excluding carboxylic acids is 2. The van der Waals surface area contributed by atoms with E-state index >= 15 is 0 Å². The van der Waals surface area contributed by atoms with Crippen LogP contribution in [0.25, 0.3) is 0 Å². The minimum absolute atomic E-state index is 0.148. The first-order valence-electron chi connectivity index (χ1n) is 11.5. The molecule has 3 N–H and O–H groups in total. The summed E-state index contributed by atoms with van der Waals surface area (Å²) in [6.45, 7) is 1.77. The number of unbranched alkanes of at least 4 members (excludes halogenated alkanes) is 3. The van der Waals surface area contributed by atoms with Gasteiger partial charge < -0.3 is 15.2 Å². The number of carboxylic acid groups (broad SMARTS) is 1. The standard InChI is InChI=1S/C23H30N4O5S/c28-20-15-8-3-4-9-16(15)21(29)27(20)11-5-7-13-32-12-6-1-2-10-18-19-17(14-33-18)24-22(25-19)26-23(30)31/h3-4,8-9,17-19H,1-2,5-7,10-14H2,(H,30,31)(H2,24,25,26)/t17-,18-,19-/m0/s1. The average Bonchev–Trinajstić information content (AvgIpc) is 3.43. The van der Waals surface area contributed by atoms with Gasteiger partial charge in [0.25, 0.3) is 11.8 Å². The van der Waals surface area contributed by atoms with Crippen LogP contribution in [0.1, 0.15) is 59.2 Å². The smallest absolute Gasteiger partial charge is 0.411 e. The van der Waals surface area contributed by atoms with Gasteiger partial charge in [0, 0.05) is 30.8 Å². The van der Waals surface area contributed by atoms with Gasteiger partial charge in [0.1, 0.15) is 0 Å². The monoisotopic (exact) mass is 474 g/mol. The molecule has 3 aliphatic heterocycles. The fourth-order valence-corrected chi connectivity index (χ4v) is 6.03. The highest BCUT2D eigenvalue weighted by Crippen LogP contribution is 2.35. The zero-order valence-corrected chi connectivity index (χ0v) is 19.3. The van der Waals surface area contributed by atoms with Crippen LogP contribution in [-0.4, -0.2) is 76.7 Å². The summed E-state index contributed by atoms with van der Waals surface area (Å²) in [7, 11) is 0. The molecule has 33 heavy (non-hydrogen) atoms. The number of thioether (sulfide) groups is 1. The lowest BCUT2D eigenvalue weighted by Gasteiger charge is -2.14. The number of fused-ring (bicyclic) bond motifs is 2. The number of hydrogen-bond donors (Lipinski definition) is 3. The quantitative estimate of drug-likeness (QED) is 0.333. The van der Waals surface area contributed by atoms with E-state index in [0.717, 1.165) is 44.3 Å². The average molecular weight is 475 g/mol. The fourth-order valence-electron chi connectivity index (χ4n) is 4.51. The largest absolute Gasteiger partial charge is 0.465 e. The number of aliphatic imine (C=N–C) groups is 1. The van der Waals surface area contributed by atoms with Crippen LogP contribution < -0.4 is 10.6 Å². The Balaban J connectivity index is 1.02. The van der Waals surface area contributed by atoms with Gasteiger partial charge in [0.2, 0.25) is 5.96 Å². The highest BCUT2D eigenvalue weighted by molar-refractivity contribution is 8.00. The Morgan fingerprint density at radius 3 is 2.52 bits per heavy atom. The number of amides is 3. The van der Waals surface area contributed by atoms with E-state index in [0.29, 0.717) is 42.1 Å². The van der Waals surface area contributed by atoms with Crippen molar-refractivity contribution in [1.29, 1.82) is 0 Å². The highest BCUT2D eigenvalue weighted by Gasteiger charge is 2.41. The van der Waals surface area contributed by atoms with Crippen LogP contribution in [0.15, 0.2) is 29.3 Å². The number of carbonyl (C=O) groups is 3. The second-order valence-corrected chi connectivity index (χ2v) is 9.77. The van der Waals surface area contributed by atoms with E-state index in [1.165, 1.54) is 4.90 Å². The van der Waals surface area contributed by atoms with Crippen molar-refractivity contribution in [3.05, 3.63) is 35.4 Å². The van der Waals surface area contributed by atoms with E-state index < -0.39 is 6.09 Å². The number of ether oxygens (including phenoxy) is 1. The molecule has 0 radical (unpaired) electrons. The number of nitrogens with zero attached hydrogens (tertiary/aromatic N) is 2. The summed E-state index contributed by atoms with van der Waals surface area (Å²) in [4.78, 5) is 41.2. The molecule has 1 aromatic carbocycles. The lowest BCUT2D eigenvalue weighted by atomic mass is 10.0. The molecule has 0 aliphatic carbocycles. The van der Waals surface area contributed by atoms with E-state index in [4.69, 9.17) is 9.84 Å². The Hall–Kier alpha value is -2.59. The number of rotatable bonds is 11. The SMILES string of the molecule is O=C(O)NC1=N[C@H]2[C@H](CS[C@H]2CCCCCOCCCCN2C(=O)c3ccccc3C2=O)N1. The molecule has 3 heterocycles. The number of benzene rings is 1. The van der Waals surface area contributed by atoms with Crippen molar-refractivity contribution in [2.24, 2.45) is 4.99 Å². The number of guanidine groups is 1. The second-order valence-electron chi connectivity index (χ2n) is 8.50. The van der Waals surface area contributed by atoms with Gasteiger partial charge in [-0.25, -0.2) is 9.79 Å². The first-order valence-corrected chi connectivity index (χ1v) is 12.6. The van der Waals surface area contributed by atoms with Crippen LogP contribution >= 0.6 is 11.8 Å². The summed E-state index contributed by atoms with van der Waals surface area (Å²) in [6, 6.07) is 7.34. The molecule has 10 heteroatoms. The molecule has 0 spiro atoms. The minimum Gasteiger partial charge on any atom is -0.465 e. The van der Waals surface area contributed by atoms with Gasteiger partial charge in [0.15, 0.2) is 0 Å². The van der Waals surface area contributed by atoms with E-state index in [9.17, 15) is 14.4 Å². The Morgan fingerprint density at radius 2 is 1.82 bits per heavy atom. The molecule has 0 bridgehead atoms. The summed E-state index contributed by atoms with van der Waals surface area (Å²) in [5, 5.41) is 14.7. The summed E-state index contributed by atoms with van der Waals surface area (Å²) < 4.78 is 5.72. The number of hydrogen-bond acceptors (Lipinski definition) is 7. The fraction of sp³-hybridized carbons (Fsp3) is 0.565. The van der Waals surface area contributed by atoms with Crippen LogP contribution in [0.4, 0.5) is 4.79 Å². The molecule has 9 nitrogen and oxygen atoms in total. The molecule has 0 unspecified atom stereocenters. The second kappa shape index (κ2) is 11.0. The minimum atomic E-state index is -1.09. The molecule has 0 saturated carbocycles. The summed E-state index contributed by atoms with van der Waals surface area (Å²) in [6.07, 6.45) is 4.71. The molecule has 3 aliphatic rings.